The van der Waals surface area contributed by atoms with Crippen LogP contribution in [0.15, 0.2) is 42.9 Å². The number of amides is 1. The molecule has 1 N–H and O–H groups in total. The van der Waals surface area contributed by atoms with Crippen molar-refractivity contribution < 1.29 is 9.53 Å². The molecular weight excluding hydrogens is 394 g/mol. The Morgan fingerprint density at radius 3 is 2.45 bits per heavy atom. The number of benzene rings is 1. The second-order valence-corrected chi connectivity index (χ2v) is 7.56. The number of rotatable bonds is 5. The van der Waals surface area contributed by atoms with Gasteiger partial charge in [-0.05, 0) is 19.1 Å². The van der Waals surface area contributed by atoms with E-state index in [0.29, 0.717) is 5.69 Å². The van der Waals surface area contributed by atoms with Gasteiger partial charge in [0.25, 0.3) is 0 Å². The fourth-order valence-electron chi connectivity index (χ4n) is 3.70. The molecule has 1 fully saturated rings. The van der Waals surface area contributed by atoms with Crippen molar-refractivity contribution in [3.05, 3.63) is 54.1 Å². The molecule has 1 aromatic carbocycles. The molecule has 3 aromatic rings. The van der Waals surface area contributed by atoms with Gasteiger partial charge in [0.15, 0.2) is 5.82 Å². The van der Waals surface area contributed by atoms with Gasteiger partial charge in [-0.15, -0.1) is 0 Å². The Morgan fingerprint density at radius 2 is 1.81 bits per heavy atom. The lowest BCUT2D eigenvalue weighted by Gasteiger charge is -2.35. The third kappa shape index (κ3) is 4.66. The summed E-state index contributed by atoms with van der Waals surface area (Å²) in [6.45, 7) is 6.69. The van der Waals surface area contributed by atoms with Gasteiger partial charge in [0.1, 0.15) is 5.69 Å². The predicted molar refractivity (Wildman–Crippen MR) is 119 cm³/mol. The summed E-state index contributed by atoms with van der Waals surface area (Å²) in [5, 5.41) is 7.01. The van der Waals surface area contributed by atoms with Crippen LogP contribution in [-0.4, -0.2) is 64.0 Å². The van der Waals surface area contributed by atoms with E-state index in [1.165, 1.54) is 18.4 Å². The highest BCUT2D eigenvalue weighted by molar-refractivity contribution is 5.85. The van der Waals surface area contributed by atoms with Crippen LogP contribution in [0.2, 0.25) is 0 Å². The number of aryl methyl sites for hydroxylation is 1. The van der Waals surface area contributed by atoms with Crippen molar-refractivity contribution in [3.63, 3.8) is 0 Å². The molecule has 9 heteroatoms. The van der Waals surface area contributed by atoms with E-state index in [4.69, 9.17) is 0 Å². The molecule has 1 aliphatic heterocycles. The molecule has 3 heterocycles. The summed E-state index contributed by atoms with van der Waals surface area (Å²) in [4.78, 5) is 25.3. The largest absolute Gasteiger partial charge is 0.453 e. The minimum Gasteiger partial charge on any atom is -0.453 e. The molecule has 4 rings (SSSR count). The Balaban J connectivity index is 1.44. The lowest BCUT2D eigenvalue weighted by atomic mass is 10.1. The topological polar surface area (TPSA) is 88.4 Å². The van der Waals surface area contributed by atoms with Crippen molar-refractivity contribution in [2.45, 2.75) is 13.5 Å². The van der Waals surface area contributed by atoms with E-state index in [-0.39, 0.29) is 0 Å². The van der Waals surface area contributed by atoms with E-state index in [9.17, 15) is 4.79 Å². The first-order chi connectivity index (χ1) is 15.0. The van der Waals surface area contributed by atoms with Crippen molar-refractivity contribution in [3.8, 4) is 11.3 Å². The quantitative estimate of drug-likeness (QED) is 0.678. The molecule has 0 spiro atoms. The van der Waals surface area contributed by atoms with Crippen LogP contribution in [0.5, 0.6) is 0 Å². The molecule has 0 aliphatic carbocycles. The summed E-state index contributed by atoms with van der Waals surface area (Å²) in [6, 6.07) is 7.53. The highest BCUT2D eigenvalue weighted by Crippen LogP contribution is 2.28. The van der Waals surface area contributed by atoms with Gasteiger partial charge in [0, 0.05) is 74.7 Å². The summed E-state index contributed by atoms with van der Waals surface area (Å²) in [6.07, 6.45) is 4.91. The maximum Gasteiger partial charge on any atom is 0.411 e. The Bertz CT molecular complexity index is 1040. The van der Waals surface area contributed by atoms with Crippen LogP contribution < -0.4 is 10.2 Å². The SMILES string of the molecule is COC(=O)Nc1ccc(-c2nccnc2N2CCN(Cc3cnn(C)c3C)CC2)cc1. The van der Waals surface area contributed by atoms with Gasteiger partial charge in [-0.3, -0.25) is 19.9 Å². The first kappa shape index (κ1) is 20.8. The molecule has 0 radical (unpaired) electrons. The van der Waals surface area contributed by atoms with Crippen LogP contribution in [0.4, 0.5) is 16.3 Å². The highest BCUT2D eigenvalue weighted by Gasteiger charge is 2.22. The first-order valence-electron chi connectivity index (χ1n) is 10.3. The molecule has 2 aromatic heterocycles. The van der Waals surface area contributed by atoms with Crippen LogP contribution in [0, 0.1) is 6.92 Å². The monoisotopic (exact) mass is 421 g/mol. The summed E-state index contributed by atoms with van der Waals surface area (Å²) in [7, 11) is 3.32. The predicted octanol–water partition coefficient (Wildman–Crippen LogP) is 2.69. The first-order valence-corrected chi connectivity index (χ1v) is 10.3. The summed E-state index contributed by atoms with van der Waals surface area (Å²) >= 11 is 0. The normalized spacial score (nSPS) is 14.5. The molecule has 9 nitrogen and oxygen atoms in total. The maximum atomic E-state index is 11.4. The molecule has 31 heavy (non-hydrogen) atoms. The summed E-state index contributed by atoms with van der Waals surface area (Å²) in [5.41, 5.74) is 4.94. The van der Waals surface area contributed by atoms with Crippen LogP contribution >= 0.6 is 0 Å². The van der Waals surface area contributed by atoms with Crippen molar-refractivity contribution >= 4 is 17.6 Å². The fraction of sp³-hybridized carbons (Fsp3) is 0.364. The van der Waals surface area contributed by atoms with Gasteiger partial charge in [-0.25, -0.2) is 9.78 Å². The van der Waals surface area contributed by atoms with E-state index in [0.717, 1.165) is 49.8 Å². The van der Waals surface area contributed by atoms with Gasteiger partial charge in [-0.2, -0.15) is 5.10 Å². The number of nitrogens with one attached hydrogen (secondary N) is 1. The molecule has 1 aliphatic rings. The number of ether oxygens (including phenoxy) is 1. The van der Waals surface area contributed by atoms with Crippen molar-refractivity contribution in [1.82, 2.24) is 24.6 Å². The Morgan fingerprint density at radius 1 is 1.10 bits per heavy atom. The van der Waals surface area contributed by atoms with Crippen LogP contribution in [-0.2, 0) is 18.3 Å². The summed E-state index contributed by atoms with van der Waals surface area (Å²) < 4.78 is 6.55. The third-order valence-electron chi connectivity index (χ3n) is 5.67. The number of carbonyl (C=O) groups excluding carboxylic acids is 1. The van der Waals surface area contributed by atoms with Crippen LogP contribution in [0.3, 0.4) is 0 Å². The Labute approximate surface area is 181 Å². The number of carbonyl (C=O) groups is 1. The van der Waals surface area contributed by atoms with E-state index >= 15 is 0 Å². The number of piperazine rings is 1. The standard InChI is InChI=1S/C22H27N7O2/c1-16-18(14-25-27(16)2)15-28-10-12-29(13-11-28)21-20(23-8-9-24-21)17-4-6-19(7-5-17)26-22(30)31-3/h4-9,14H,10-13,15H2,1-3H3,(H,26,30). The molecule has 1 saturated heterocycles. The van der Waals surface area contributed by atoms with Gasteiger partial charge in [0.05, 0.1) is 13.3 Å². The average molecular weight is 422 g/mol. The smallest absolute Gasteiger partial charge is 0.411 e. The average Bonchev–Trinajstić information content (AvgIpc) is 3.12. The molecular formula is C22H27N7O2. The fourth-order valence-corrected chi connectivity index (χ4v) is 3.70. The van der Waals surface area contributed by atoms with Gasteiger partial charge in [-0.1, -0.05) is 12.1 Å². The van der Waals surface area contributed by atoms with Crippen molar-refractivity contribution in [1.29, 1.82) is 0 Å². The van der Waals surface area contributed by atoms with E-state index in [2.05, 4.69) is 41.8 Å². The summed E-state index contributed by atoms with van der Waals surface area (Å²) in [5.74, 6) is 0.883. The lowest BCUT2D eigenvalue weighted by Crippen LogP contribution is -2.46. The molecule has 0 atom stereocenters. The second-order valence-electron chi connectivity index (χ2n) is 7.56. The Hall–Kier alpha value is -3.46. The molecule has 1 amide bonds. The van der Waals surface area contributed by atoms with Gasteiger partial charge in [0.2, 0.25) is 0 Å². The number of nitrogens with zero attached hydrogens (tertiary/aromatic N) is 6. The lowest BCUT2D eigenvalue weighted by molar-refractivity contribution is 0.187. The van der Waals surface area contributed by atoms with E-state index in [1.807, 2.05) is 42.2 Å². The molecule has 0 saturated carbocycles. The zero-order chi connectivity index (χ0) is 21.8. The molecule has 0 unspecified atom stereocenters. The molecule has 0 bridgehead atoms. The maximum absolute atomic E-state index is 11.4. The highest BCUT2D eigenvalue weighted by atomic mass is 16.5. The van der Waals surface area contributed by atoms with Gasteiger partial charge >= 0.3 is 6.09 Å². The van der Waals surface area contributed by atoms with E-state index in [1.54, 1.807) is 12.4 Å². The number of hydrogen-bond acceptors (Lipinski definition) is 7. The third-order valence-corrected chi connectivity index (χ3v) is 5.67. The zero-order valence-electron chi connectivity index (χ0n) is 18.1. The van der Waals surface area contributed by atoms with E-state index < -0.39 is 6.09 Å². The minimum atomic E-state index is -0.493. The second kappa shape index (κ2) is 9.13. The zero-order valence-corrected chi connectivity index (χ0v) is 18.1. The van der Waals surface area contributed by atoms with Crippen molar-refractivity contribution in [2.75, 3.05) is 43.5 Å². The van der Waals surface area contributed by atoms with Crippen molar-refractivity contribution in [2.24, 2.45) is 7.05 Å². The van der Waals surface area contributed by atoms with Crippen LogP contribution in [0.1, 0.15) is 11.3 Å². The Kier molecular flexibility index (Phi) is 6.13. The minimum absolute atomic E-state index is 0.493. The number of aromatic nitrogens is 4. The number of anilines is 2. The van der Waals surface area contributed by atoms with Gasteiger partial charge < -0.3 is 9.64 Å². The molecule has 162 valence electrons. The number of methoxy groups -OCH3 is 1. The number of hydrogen-bond donors (Lipinski definition) is 1. The van der Waals surface area contributed by atoms with Crippen LogP contribution in [0.25, 0.3) is 11.3 Å².